The molecule has 2 fully saturated rings. The molecule has 3 heteroatoms. The van der Waals surface area contributed by atoms with E-state index in [1.807, 2.05) is 54.7 Å². The van der Waals surface area contributed by atoms with E-state index in [-0.39, 0.29) is 20.1 Å². The fraction of sp³-hybridized carbons (Fsp3) is 0.353. The number of aromatic nitrogens is 2. The van der Waals surface area contributed by atoms with E-state index in [9.17, 15) is 0 Å². The molecule has 1 radical (unpaired) electrons. The zero-order valence-electron chi connectivity index (χ0n) is 21.4. The Kier molecular flexibility index (Phi) is 8.03. The van der Waals surface area contributed by atoms with Crippen molar-refractivity contribution in [1.82, 2.24) is 9.97 Å². The summed E-state index contributed by atoms with van der Waals surface area (Å²) in [5.41, 5.74) is 8.54. The van der Waals surface area contributed by atoms with Crippen LogP contribution in [-0.2, 0) is 30.9 Å². The summed E-state index contributed by atoms with van der Waals surface area (Å²) in [6.07, 6.45) is 17.7. The van der Waals surface area contributed by atoms with E-state index in [4.69, 9.17) is 0 Å². The minimum atomic E-state index is 0. The Morgan fingerprint density at radius 3 is 1.68 bits per heavy atom. The van der Waals surface area contributed by atoms with E-state index < -0.39 is 0 Å². The molecule has 3 aliphatic rings. The van der Waals surface area contributed by atoms with Crippen molar-refractivity contribution in [2.75, 3.05) is 0 Å². The predicted molar refractivity (Wildman–Crippen MR) is 147 cm³/mol. The molecule has 2 nitrogen and oxygen atoms in total. The first-order valence-corrected chi connectivity index (χ1v) is 13.6. The van der Waals surface area contributed by atoms with Crippen LogP contribution in [0, 0.1) is 12.1 Å². The van der Waals surface area contributed by atoms with E-state index >= 15 is 0 Å². The molecule has 0 aliphatic heterocycles. The van der Waals surface area contributed by atoms with Gasteiger partial charge in [-0.05, 0) is 53.6 Å². The van der Waals surface area contributed by atoms with Crippen molar-refractivity contribution < 1.29 is 20.1 Å². The molecule has 0 amide bonds. The second-order valence-electron chi connectivity index (χ2n) is 10.9. The molecule has 3 aliphatic carbocycles. The van der Waals surface area contributed by atoms with Crippen molar-refractivity contribution in [3.8, 4) is 22.5 Å². The molecule has 2 spiro atoms. The first-order chi connectivity index (χ1) is 17.8. The van der Waals surface area contributed by atoms with Gasteiger partial charge in [0.05, 0.1) is 0 Å². The number of fused-ring (bicyclic) bond motifs is 3. The second kappa shape index (κ2) is 11.4. The van der Waals surface area contributed by atoms with Gasteiger partial charge in [-0.1, -0.05) is 69.2 Å². The van der Waals surface area contributed by atoms with Crippen LogP contribution in [0.25, 0.3) is 22.5 Å². The van der Waals surface area contributed by atoms with Gasteiger partial charge in [-0.15, -0.1) is 70.8 Å². The molecule has 0 unspecified atom stereocenters. The standard InChI is InChI=1S/C23H26N.C11H8N.Ir/c1-6-16-24-21(7-1)18-8-9-19-20(17-18)23(12-4-5-13-23)15-14-22(19)10-2-3-11-22;1-2-6-10(7-3-1)11-8-4-5-9-12-11;/h1,6-7,9,16-17H,2-5,10-15H2;1-6,8-9H;/q2*-1;. The van der Waals surface area contributed by atoms with Gasteiger partial charge < -0.3 is 9.97 Å². The molecule has 0 saturated heterocycles. The summed E-state index contributed by atoms with van der Waals surface area (Å²) in [6.45, 7) is 0. The van der Waals surface area contributed by atoms with Crippen molar-refractivity contribution in [1.29, 1.82) is 0 Å². The van der Waals surface area contributed by atoms with E-state index in [1.54, 1.807) is 17.3 Å². The molecule has 0 atom stereocenters. The van der Waals surface area contributed by atoms with Crippen molar-refractivity contribution >= 4 is 0 Å². The van der Waals surface area contributed by atoms with Crippen molar-refractivity contribution in [2.24, 2.45) is 0 Å². The molecule has 2 aromatic carbocycles. The minimum absolute atomic E-state index is 0. The van der Waals surface area contributed by atoms with Crippen molar-refractivity contribution in [3.05, 3.63) is 108 Å². The van der Waals surface area contributed by atoms with Crippen LogP contribution < -0.4 is 0 Å². The maximum absolute atomic E-state index is 4.57. The van der Waals surface area contributed by atoms with Crippen molar-refractivity contribution in [3.63, 3.8) is 0 Å². The van der Waals surface area contributed by atoms with Crippen LogP contribution in [0.5, 0.6) is 0 Å². The van der Waals surface area contributed by atoms with Gasteiger partial charge in [0.15, 0.2) is 0 Å². The average Bonchev–Trinajstić information content (AvgIpc) is 3.64. The van der Waals surface area contributed by atoms with E-state index in [0.29, 0.717) is 10.8 Å². The molecule has 0 bridgehead atoms. The summed E-state index contributed by atoms with van der Waals surface area (Å²) in [7, 11) is 0. The maximum Gasteiger partial charge on any atom is 0.0160 e. The van der Waals surface area contributed by atoms with E-state index in [2.05, 4.69) is 46.4 Å². The summed E-state index contributed by atoms with van der Waals surface area (Å²) in [5.74, 6) is 0. The van der Waals surface area contributed by atoms with Crippen LogP contribution in [0.4, 0.5) is 0 Å². The maximum atomic E-state index is 4.57. The Hall–Kier alpha value is -2.61. The third kappa shape index (κ3) is 5.22. The third-order valence-electron chi connectivity index (χ3n) is 8.89. The Morgan fingerprint density at radius 1 is 0.568 bits per heavy atom. The Balaban J connectivity index is 0.000000183. The van der Waals surface area contributed by atoms with E-state index in [0.717, 1.165) is 17.0 Å². The first-order valence-electron chi connectivity index (χ1n) is 13.6. The number of hydrogen-bond donors (Lipinski definition) is 0. The molecular weight excluding hydrogens is 629 g/mol. The summed E-state index contributed by atoms with van der Waals surface area (Å²) in [6, 6.07) is 31.5. The number of benzene rings is 2. The zero-order valence-corrected chi connectivity index (χ0v) is 23.8. The monoisotopic (exact) mass is 663 g/mol. The van der Waals surface area contributed by atoms with Gasteiger partial charge in [0, 0.05) is 32.5 Å². The number of rotatable bonds is 2. The van der Waals surface area contributed by atoms with Gasteiger partial charge in [-0.3, -0.25) is 0 Å². The molecule has 2 saturated carbocycles. The summed E-state index contributed by atoms with van der Waals surface area (Å²) < 4.78 is 0. The molecule has 4 aromatic rings. The Morgan fingerprint density at radius 2 is 1.14 bits per heavy atom. The Bertz CT molecular complexity index is 1240. The molecule has 2 heterocycles. The van der Waals surface area contributed by atoms with Gasteiger partial charge in [-0.2, -0.15) is 0 Å². The smallest absolute Gasteiger partial charge is 0.0160 e. The summed E-state index contributed by atoms with van der Waals surface area (Å²) in [4.78, 5) is 8.79. The predicted octanol–water partition coefficient (Wildman–Crippen LogP) is 8.51. The van der Waals surface area contributed by atoms with Gasteiger partial charge in [0.2, 0.25) is 0 Å². The van der Waals surface area contributed by atoms with Crippen LogP contribution in [0.3, 0.4) is 0 Å². The first kappa shape index (κ1) is 26.0. The summed E-state index contributed by atoms with van der Waals surface area (Å²) in [5, 5.41) is 0. The van der Waals surface area contributed by atoms with Gasteiger partial charge >= 0.3 is 0 Å². The summed E-state index contributed by atoms with van der Waals surface area (Å²) >= 11 is 0. The largest absolute Gasteiger partial charge is 0.305 e. The topological polar surface area (TPSA) is 25.8 Å². The second-order valence-corrected chi connectivity index (χ2v) is 10.9. The quantitative estimate of drug-likeness (QED) is 0.201. The fourth-order valence-electron chi connectivity index (χ4n) is 7.00. The zero-order chi connectivity index (χ0) is 24.3. The molecule has 2 aromatic heterocycles. The number of hydrogen-bond acceptors (Lipinski definition) is 2. The molecule has 37 heavy (non-hydrogen) atoms. The van der Waals surface area contributed by atoms with Gasteiger partial charge in [-0.25, -0.2) is 0 Å². The molecule has 0 N–H and O–H groups in total. The minimum Gasteiger partial charge on any atom is -0.305 e. The number of nitrogens with zero attached hydrogens (tertiary/aromatic N) is 2. The van der Waals surface area contributed by atoms with Crippen LogP contribution >= 0.6 is 0 Å². The van der Waals surface area contributed by atoms with Crippen LogP contribution in [0.1, 0.15) is 75.3 Å². The van der Waals surface area contributed by atoms with Crippen LogP contribution in [-0.4, -0.2) is 9.97 Å². The Labute approximate surface area is 235 Å². The van der Waals surface area contributed by atoms with Crippen molar-refractivity contribution in [2.45, 2.75) is 75.0 Å². The van der Waals surface area contributed by atoms with E-state index in [1.165, 1.54) is 69.8 Å². The third-order valence-corrected chi connectivity index (χ3v) is 8.89. The fourth-order valence-corrected chi connectivity index (χ4v) is 7.00. The van der Waals surface area contributed by atoms with Crippen LogP contribution in [0.15, 0.2) is 85.2 Å². The molecular formula is C34H34IrN2-2. The molecule has 191 valence electrons. The number of pyridine rings is 2. The van der Waals surface area contributed by atoms with Gasteiger partial charge in [0.1, 0.15) is 0 Å². The SMILES string of the molecule is [Ir].[c-]1cc2c(cc1-c1ccccn1)C1(CCCC1)CCC21CCCC1.[c-]1ccccc1-c1ccccn1. The average molecular weight is 663 g/mol. The molecule has 7 rings (SSSR count). The van der Waals surface area contributed by atoms with Gasteiger partial charge in [0.25, 0.3) is 0 Å². The normalized spacial score (nSPS) is 18.5. The van der Waals surface area contributed by atoms with Crippen LogP contribution in [0.2, 0.25) is 0 Å².